The molecule has 1 saturated heterocycles. The Balaban J connectivity index is 1.27. The monoisotopic (exact) mass is 540 g/mol. The van der Waals surface area contributed by atoms with E-state index in [-0.39, 0.29) is 5.69 Å². The van der Waals surface area contributed by atoms with Gasteiger partial charge in [-0.25, -0.2) is 4.79 Å². The molecule has 0 unspecified atom stereocenters. The maximum atomic E-state index is 13.4. The fourth-order valence-electron chi connectivity index (χ4n) is 4.83. The van der Waals surface area contributed by atoms with Crippen LogP contribution in [0, 0.1) is 0 Å². The molecule has 0 radical (unpaired) electrons. The third kappa shape index (κ3) is 7.08. The number of nitrogens with zero attached hydrogens (tertiary/aromatic N) is 3. The Morgan fingerprint density at radius 2 is 1.56 bits per heavy atom. The van der Waals surface area contributed by atoms with E-state index in [1.54, 1.807) is 41.3 Å². The molecule has 2 amide bonds. The van der Waals surface area contributed by atoms with Gasteiger partial charge in [0.15, 0.2) is 0 Å². The van der Waals surface area contributed by atoms with Gasteiger partial charge in [-0.2, -0.15) is 13.2 Å². The van der Waals surface area contributed by atoms with Gasteiger partial charge in [0.05, 0.1) is 5.56 Å². The molecule has 0 aliphatic carbocycles. The molecule has 0 saturated carbocycles. The molecule has 0 spiro atoms. The van der Waals surface area contributed by atoms with Gasteiger partial charge in [-0.15, -0.1) is 0 Å². The Morgan fingerprint density at radius 3 is 2.21 bits per heavy atom. The van der Waals surface area contributed by atoms with Crippen molar-refractivity contribution in [3.8, 4) is 11.1 Å². The fourth-order valence-corrected chi connectivity index (χ4v) is 4.83. The number of amides is 2. The van der Waals surface area contributed by atoms with Crippen LogP contribution in [0.2, 0.25) is 0 Å². The number of piperazine rings is 1. The first kappa shape index (κ1) is 28.0. The number of benzene rings is 3. The molecule has 0 atom stereocenters. The van der Waals surface area contributed by atoms with Crippen LogP contribution in [0.4, 0.5) is 29.3 Å². The molecule has 1 aliphatic heterocycles. The number of carbonyl (C=O) groups is 2. The molecule has 0 bridgehead atoms. The van der Waals surface area contributed by atoms with Gasteiger partial charge in [0.25, 0.3) is 0 Å². The minimum Gasteiger partial charge on any atom is -0.465 e. The lowest BCUT2D eigenvalue weighted by Crippen LogP contribution is -2.47. The second-order valence-electron chi connectivity index (χ2n) is 9.48. The summed E-state index contributed by atoms with van der Waals surface area (Å²) >= 11 is 0. The van der Waals surface area contributed by atoms with Crippen LogP contribution in [0.25, 0.3) is 11.1 Å². The van der Waals surface area contributed by atoms with Crippen LogP contribution in [0.1, 0.15) is 28.8 Å². The van der Waals surface area contributed by atoms with E-state index in [0.717, 1.165) is 30.2 Å². The van der Waals surface area contributed by atoms with Crippen molar-refractivity contribution in [2.45, 2.75) is 19.0 Å². The first-order valence-electron chi connectivity index (χ1n) is 12.8. The number of rotatable bonds is 9. The number of hydrogen-bond acceptors (Lipinski definition) is 4. The van der Waals surface area contributed by atoms with Gasteiger partial charge >= 0.3 is 12.3 Å². The molecule has 4 rings (SSSR count). The Labute approximate surface area is 225 Å². The minimum atomic E-state index is -4.39. The average Bonchev–Trinajstić information content (AvgIpc) is 2.93. The van der Waals surface area contributed by atoms with Crippen molar-refractivity contribution in [1.29, 1.82) is 0 Å². The zero-order valence-electron chi connectivity index (χ0n) is 21.4. The average molecular weight is 541 g/mol. The number of halogens is 3. The molecular weight excluding hydrogens is 509 g/mol. The SMILES string of the molecule is NC(=O)c1cccc(-c2ccc(N(CCCCN3CCN(c4ccccc4C(F)(F)F)CC3)C(=O)O)cc2)c1. The highest BCUT2D eigenvalue weighted by Crippen LogP contribution is 2.36. The summed E-state index contributed by atoms with van der Waals surface area (Å²) in [6.45, 7) is 3.37. The van der Waals surface area contributed by atoms with Crippen LogP contribution in [0.5, 0.6) is 0 Å². The number of carboxylic acid groups (broad SMARTS) is 1. The predicted octanol–water partition coefficient (Wildman–Crippen LogP) is 5.56. The van der Waals surface area contributed by atoms with Crippen molar-refractivity contribution in [3.05, 3.63) is 83.9 Å². The quantitative estimate of drug-likeness (QED) is 0.347. The summed E-state index contributed by atoms with van der Waals surface area (Å²) in [5, 5.41) is 9.75. The van der Waals surface area contributed by atoms with Gasteiger partial charge in [-0.05, 0) is 66.9 Å². The number of carbonyl (C=O) groups excluding carboxylic acids is 1. The molecule has 3 aromatic rings. The number of primary amides is 1. The zero-order valence-corrected chi connectivity index (χ0v) is 21.4. The number of alkyl halides is 3. The Morgan fingerprint density at radius 1 is 0.872 bits per heavy atom. The van der Waals surface area contributed by atoms with Crippen molar-refractivity contribution < 1.29 is 27.9 Å². The summed E-state index contributed by atoms with van der Waals surface area (Å²) in [6, 6.07) is 19.7. The van der Waals surface area contributed by atoms with E-state index in [1.165, 1.54) is 17.0 Å². The molecule has 0 aromatic heterocycles. The maximum Gasteiger partial charge on any atom is 0.418 e. The van der Waals surface area contributed by atoms with Crippen molar-refractivity contribution in [3.63, 3.8) is 0 Å². The van der Waals surface area contributed by atoms with Gasteiger partial charge in [0.1, 0.15) is 0 Å². The molecule has 3 aromatic carbocycles. The molecule has 39 heavy (non-hydrogen) atoms. The lowest BCUT2D eigenvalue weighted by Gasteiger charge is -2.37. The van der Waals surface area contributed by atoms with Gasteiger partial charge < -0.3 is 15.7 Å². The summed E-state index contributed by atoms with van der Waals surface area (Å²) < 4.78 is 40.1. The summed E-state index contributed by atoms with van der Waals surface area (Å²) in [5.74, 6) is -0.515. The number of anilines is 2. The van der Waals surface area contributed by atoms with E-state index in [0.29, 0.717) is 50.4 Å². The Kier molecular flexibility index (Phi) is 8.75. The van der Waals surface area contributed by atoms with E-state index in [2.05, 4.69) is 4.90 Å². The first-order chi connectivity index (χ1) is 18.6. The number of nitrogens with two attached hydrogens (primary N) is 1. The number of hydrogen-bond donors (Lipinski definition) is 2. The van der Waals surface area contributed by atoms with Gasteiger partial charge in [-0.3, -0.25) is 14.6 Å². The maximum absolute atomic E-state index is 13.4. The topological polar surface area (TPSA) is 90.1 Å². The van der Waals surface area contributed by atoms with Crippen LogP contribution < -0.4 is 15.5 Å². The Bertz CT molecular complexity index is 1290. The van der Waals surface area contributed by atoms with Crippen LogP contribution in [0.15, 0.2) is 72.8 Å². The van der Waals surface area contributed by atoms with Crippen LogP contribution in [-0.2, 0) is 6.18 Å². The second-order valence-corrected chi connectivity index (χ2v) is 9.48. The first-order valence-corrected chi connectivity index (χ1v) is 12.8. The summed E-state index contributed by atoms with van der Waals surface area (Å²) in [5.41, 5.74) is 7.56. The third-order valence-corrected chi connectivity index (χ3v) is 6.92. The molecule has 1 heterocycles. The highest BCUT2D eigenvalue weighted by atomic mass is 19.4. The van der Waals surface area contributed by atoms with Crippen LogP contribution in [-0.4, -0.2) is 61.3 Å². The van der Waals surface area contributed by atoms with Gasteiger partial charge in [-0.1, -0.05) is 36.4 Å². The van der Waals surface area contributed by atoms with Gasteiger partial charge in [0, 0.05) is 49.7 Å². The lowest BCUT2D eigenvalue weighted by atomic mass is 10.0. The predicted molar refractivity (Wildman–Crippen MR) is 145 cm³/mol. The van der Waals surface area contributed by atoms with Crippen molar-refractivity contribution in [2.75, 3.05) is 49.1 Å². The summed E-state index contributed by atoms with van der Waals surface area (Å²) in [4.78, 5) is 28.7. The highest BCUT2D eigenvalue weighted by Gasteiger charge is 2.35. The number of unbranched alkanes of at least 4 members (excludes halogenated alkanes) is 1. The van der Waals surface area contributed by atoms with Crippen molar-refractivity contribution in [1.82, 2.24) is 4.90 Å². The molecular formula is C29H31F3N4O3. The van der Waals surface area contributed by atoms with Crippen LogP contribution in [0.3, 0.4) is 0 Å². The normalized spacial score (nSPS) is 14.3. The molecule has 1 fully saturated rings. The van der Waals surface area contributed by atoms with E-state index in [4.69, 9.17) is 5.73 Å². The fraction of sp³-hybridized carbons (Fsp3) is 0.310. The van der Waals surface area contributed by atoms with Gasteiger partial charge in [0.2, 0.25) is 5.91 Å². The summed E-state index contributed by atoms with van der Waals surface area (Å²) in [7, 11) is 0. The standard InChI is InChI=1S/C29H31F3N4O3/c30-29(31,32)25-8-1-2-9-26(25)35-18-16-34(17-19-35)14-3-4-15-36(28(38)39)24-12-10-21(11-13-24)22-6-5-7-23(20-22)27(33)37/h1-2,5-13,20H,3-4,14-19H2,(H2,33,37)(H,38,39). The smallest absolute Gasteiger partial charge is 0.418 e. The zero-order chi connectivity index (χ0) is 28.0. The molecule has 7 nitrogen and oxygen atoms in total. The second kappa shape index (κ2) is 12.2. The van der Waals surface area contributed by atoms with E-state index < -0.39 is 23.7 Å². The summed E-state index contributed by atoms with van der Waals surface area (Å²) in [6.07, 6.45) is -4.03. The van der Waals surface area contributed by atoms with E-state index >= 15 is 0 Å². The Hall–Kier alpha value is -4.05. The molecule has 10 heteroatoms. The third-order valence-electron chi connectivity index (χ3n) is 6.92. The van der Waals surface area contributed by atoms with Crippen molar-refractivity contribution in [2.24, 2.45) is 5.73 Å². The van der Waals surface area contributed by atoms with Crippen LogP contribution >= 0.6 is 0 Å². The molecule has 1 aliphatic rings. The molecule has 206 valence electrons. The van der Waals surface area contributed by atoms with Crippen molar-refractivity contribution >= 4 is 23.4 Å². The largest absolute Gasteiger partial charge is 0.465 e. The van der Waals surface area contributed by atoms with E-state index in [9.17, 15) is 27.9 Å². The van der Waals surface area contributed by atoms with E-state index in [1.807, 2.05) is 18.2 Å². The molecule has 3 N–H and O–H groups in total. The minimum absolute atomic E-state index is 0.216. The number of para-hydroxylation sites is 1. The highest BCUT2D eigenvalue weighted by molar-refractivity contribution is 5.94. The lowest BCUT2D eigenvalue weighted by molar-refractivity contribution is -0.137.